The van der Waals surface area contributed by atoms with Gasteiger partial charge in [-0.1, -0.05) is 24.0 Å². The molecule has 120 valence electrons. The second-order valence-corrected chi connectivity index (χ2v) is 5.40. The van der Waals surface area contributed by atoms with E-state index in [1.807, 2.05) is 0 Å². The summed E-state index contributed by atoms with van der Waals surface area (Å²) in [7, 11) is 0. The Morgan fingerprint density at radius 1 is 1.39 bits per heavy atom. The summed E-state index contributed by atoms with van der Waals surface area (Å²) in [5.41, 5.74) is 0.331. The van der Waals surface area contributed by atoms with Crippen LogP contribution in [0, 0.1) is 18.6 Å². The summed E-state index contributed by atoms with van der Waals surface area (Å²) in [6.07, 6.45) is 1.43. The highest BCUT2D eigenvalue weighted by Gasteiger charge is 2.18. The average Bonchev–Trinajstić information content (AvgIpc) is 2.88. The molecule has 0 fully saturated rings. The molecule has 0 saturated carbocycles. The number of ether oxygens (including phenoxy) is 1. The summed E-state index contributed by atoms with van der Waals surface area (Å²) in [4.78, 5) is 28.0. The monoisotopic (exact) mass is 338 g/mol. The summed E-state index contributed by atoms with van der Waals surface area (Å²) >= 11 is 0.929. The molecule has 1 amide bonds. The number of aromatic nitrogens is 1. The third-order valence-corrected chi connectivity index (χ3v) is 3.77. The van der Waals surface area contributed by atoms with Crippen LogP contribution in [0.2, 0.25) is 0 Å². The zero-order valence-corrected chi connectivity index (χ0v) is 12.9. The smallest absolute Gasteiger partial charge is 0.350 e. The Morgan fingerprint density at radius 2 is 2.13 bits per heavy atom. The zero-order chi connectivity index (χ0) is 17.0. The van der Waals surface area contributed by atoms with Crippen LogP contribution in [0.15, 0.2) is 30.9 Å². The largest absolute Gasteiger partial charge is 0.457 e. The summed E-state index contributed by atoms with van der Waals surface area (Å²) in [6.45, 7) is 5.09. The van der Waals surface area contributed by atoms with Crippen molar-refractivity contribution in [3.05, 3.63) is 58.6 Å². The Bertz CT molecular complexity index is 774. The van der Waals surface area contributed by atoms with Crippen LogP contribution in [-0.4, -0.2) is 23.5 Å². The highest BCUT2D eigenvalue weighted by Crippen LogP contribution is 2.24. The average molecular weight is 338 g/mol. The Balaban J connectivity index is 2.14. The van der Waals surface area contributed by atoms with Crippen molar-refractivity contribution in [3.63, 3.8) is 0 Å². The molecule has 0 radical (unpaired) electrons. The predicted octanol–water partition coefficient (Wildman–Crippen LogP) is 3.32. The molecule has 2 rings (SSSR count). The Labute approximate surface area is 134 Å². The van der Waals surface area contributed by atoms with Crippen LogP contribution in [0.5, 0.6) is 0 Å². The van der Waals surface area contributed by atoms with Crippen molar-refractivity contribution in [2.24, 2.45) is 0 Å². The number of amides is 1. The number of halogens is 2. The lowest BCUT2D eigenvalue weighted by Crippen LogP contribution is -2.12. The van der Waals surface area contributed by atoms with E-state index in [2.05, 4.69) is 16.9 Å². The first-order valence-corrected chi connectivity index (χ1v) is 7.26. The van der Waals surface area contributed by atoms with E-state index in [-0.39, 0.29) is 22.2 Å². The number of hydrogen-bond donors (Lipinski definition) is 1. The van der Waals surface area contributed by atoms with Crippen molar-refractivity contribution in [3.8, 4) is 0 Å². The second-order valence-electron chi connectivity index (χ2n) is 4.40. The highest BCUT2D eigenvalue weighted by atomic mass is 32.1. The van der Waals surface area contributed by atoms with Crippen LogP contribution >= 0.6 is 11.3 Å². The van der Waals surface area contributed by atoms with Gasteiger partial charge in [0.2, 0.25) is 0 Å². The molecule has 1 N–H and O–H groups in total. The maximum absolute atomic E-state index is 13.1. The quantitative estimate of drug-likeness (QED) is 0.671. The first-order valence-electron chi connectivity index (χ1n) is 6.44. The second kappa shape index (κ2) is 7.10. The number of anilines is 1. The molecule has 0 aliphatic rings. The number of carbonyl (C=O) groups is 2. The minimum absolute atomic E-state index is 0.0622. The maximum atomic E-state index is 13.1. The van der Waals surface area contributed by atoms with Gasteiger partial charge < -0.3 is 4.74 Å². The Hall–Kier alpha value is -2.61. The topological polar surface area (TPSA) is 68.3 Å². The minimum Gasteiger partial charge on any atom is -0.457 e. The van der Waals surface area contributed by atoms with Gasteiger partial charge >= 0.3 is 5.97 Å². The van der Waals surface area contributed by atoms with Crippen molar-refractivity contribution < 1.29 is 23.1 Å². The molecular weight excluding hydrogens is 326 g/mol. The minimum atomic E-state index is -1.12. The fourth-order valence-electron chi connectivity index (χ4n) is 1.65. The summed E-state index contributed by atoms with van der Waals surface area (Å²) in [5.74, 6) is -3.41. The van der Waals surface area contributed by atoms with Crippen LogP contribution in [0.3, 0.4) is 0 Å². The number of hydrogen-bond acceptors (Lipinski definition) is 5. The van der Waals surface area contributed by atoms with Crippen molar-refractivity contribution in [1.82, 2.24) is 4.98 Å². The number of carbonyl (C=O) groups excluding carboxylic acids is 2. The number of nitrogens with one attached hydrogen (secondary N) is 1. The number of rotatable bonds is 5. The maximum Gasteiger partial charge on any atom is 0.350 e. The lowest BCUT2D eigenvalue weighted by atomic mass is 10.2. The number of aryl methyl sites for hydroxylation is 1. The molecule has 0 aliphatic heterocycles. The molecule has 23 heavy (non-hydrogen) atoms. The van der Waals surface area contributed by atoms with Gasteiger partial charge in [-0.2, -0.15) is 0 Å². The fraction of sp³-hybridized carbons (Fsp3) is 0.133. The van der Waals surface area contributed by atoms with E-state index in [9.17, 15) is 18.4 Å². The molecule has 0 spiro atoms. The lowest BCUT2D eigenvalue weighted by molar-refractivity contribution is 0.0554. The van der Waals surface area contributed by atoms with Crippen LogP contribution in [-0.2, 0) is 4.74 Å². The molecule has 0 atom stereocenters. The standard InChI is InChI=1S/C15H12F2N2O3S/c1-3-6-22-14(21)12-8(2)18-15(23-12)19-13(20)9-4-5-10(16)11(17)7-9/h3-5,7H,1,6H2,2H3,(H,18,19,20). The van der Waals surface area contributed by atoms with E-state index in [0.717, 1.165) is 29.5 Å². The molecule has 5 nitrogen and oxygen atoms in total. The van der Waals surface area contributed by atoms with Gasteiger partial charge in [-0.25, -0.2) is 18.6 Å². The van der Waals surface area contributed by atoms with E-state index in [0.29, 0.717) is 5.69 Å². The predicted molar refractivity (Wildman–Crippen MR) is 81.6 cm³/mol. The first kappa shape index (κ1) is 16.8. The van der Waals surface area contributed by atoms with Gasteiger partial charge in [-0.3, -0.25) is 10.1 Å². The number of esters is 1. The third-order valence-electron chi connectivity index (χ3n) is 2.72. The lowest BCUT2D eigenvalue weighted by Gasteiger charge is -2.02. The summed E-state index contributed by atoms with van der Waals surface area (Å²) < 4.78 is 30.9. The normalized spacial score (nSPS) is 10.2. The molecule has 0 unspecified atom stereocenters. The fourth-order valence-corrected chi connectivity index (χ4v) is 2.50. The van der Waals surface area contributed by atoms with Crippen molar-refractivity contribution >= 4 is 28.3 Å². The van der Waals surface area contributed by atoms with Crippen LogP contribution in [0.25, 0.3) is 0 Å². The molecule has 2 aromatic rings. The molecule has 0 saturated heterocycles. The van der Waals surface area contributed by atoms with E-state index < -0.39 is 23.5 Å². The molecular formula is C15H12F2N2O3S. The highest BCUT2D eigenvalue weighted by molar-refractivity contribution is 7.17. The number of benzene rings is 1. The third kappa shape index (κ3) is 3.98. The van der Waals surface area contributed by atoms with E-state index in [1.54, 1.807) is 6.92 Å². The van der Waals surface area contributed by atoms with Crippen LogP contribution in [0.4, 0.5) is 13.9 Å². The number of thiazole rings is 1. The molecule has 1 aromatic carbocycles. The van der Waals surface area contributed by atoms with Gasteiger partial charge in [0.15, 0.2) is 16.8 Å². The Kier molecular flexibility index (Phi) is 5.17. The SMILES string of the molecule is C=CCOC(=O)c1sc(NC(=O)c2ccc(F)c(F)c2)nc1C. The molecule has 1 aromatic heterocycles. The van der Waals surface area contributed by atoms with Crippen molar-refractivity contribution in [2.75, 3.05) is 11.9 Å². The van der Waals surface area contributed by atoms with E-state index >= 15 is 0 Å². The van der Waals surface area contributed by atoms with Gasteiger partial charge in [-0.05, 0) is 25.1 Å². The van der Waals surface area contributed by atoms with Crippen LogP contribution in [0.1, 0.15) is 25.7 Å². The zero-order valence-electron chi connectivity index (χ0n) is 12.1. The molecule has 0 bridgehead atoms. The van der Waals surface area contributed by atoms with E-state index in [1.165, 1.54) is 6.08 Å². The van der Waals surface area contributed by atoms with Crippen LogP contribution < -0.4 is 5.32 Å². The molecule has 0 aliphatic carbocycles. The van der Waals surface area contributed by atoms with Gasteiger partial charge in [0.1, 0.15) is 11.5 Å². The molecule has 8 heteroatoms. The number of nitrogens with zero attached hydrogens (tertiary/aromatic N) is 1. The van der Waals surface area contributed by atoms with E-state index in [4.69, 9.17) is 4.74 Å². The van der Waals surface area contributed by atoms with Gasteiger partial charge in [0.25, 0.3) is 5.91 Å². The van der Waals surface area contributed by atoms with Gasteiger partial charge in [0.05, 0.1) is 5.69 Å². The van der Waals surface area contributed by atoms with Crippen molar-refractivity contribution in [1.29, 1.82) is 0 Å². The summed E-state index contributed by atoms with van der Waals surface area (Å²) in [6, 6.07) is 2.79. The molecule has 1 heterocycles. The Morgan fingerprint density at radius 3 is 2.78 bits per heavy atom. The first-order chi connectivity index (χ1) is 10.9. The summed E-state index contributed by atoms with van der Waals surface area (Å²) in [5, 5.41) is 2.58. The van der Waals surface area contributed by atoms with Gasteiger partial charge in [-0.15, -0.1) is 0 Å². The van der Waals surface area contributed by atoms with Gasteiger partial charge in [0, 0.05) is 5.56 Å². The van der Waals surface area contributed by atoms with Crippen molar-refractivity contribution in [2.45, 2.75) is 6.92 Å².